The number of nitrogens with one attached hydrogen (secondary N) is 1. The van der Waals surface area contributed by atoms with Crippen molar-refractivity contribution in [2.45, 2.75) is 12.8 Å². The molecule has 0 atom stereocenters. The van der Waals surface area contributed by atoms with E-state index in [0.29, 0.717) is 54.3 Å². The minimum atomic E-state index is -3.16. The maximum absolute atomic E-state index is 12.6. The predicted octanol–water partition coefficient (Wildman–Crippen LogP) is 2.49. The average Bonchev–Trinajstić information content (AvgIpc) is 3.38. The summed E-state index contributed by atoms with van der Waals surface area (Å²) >= 11 is 0. The fraction of sp³-hybridized carbons (Fsp3) is 0.292. The zero-order valence-corrected chi connectivity index (χ0v) is 21.9. The number of benzene rings is 2. The van der Waals surface area contributed by atoms with Gasteiger partial charge in [0.1, 0.15) is 23.0 Å². The molecular weight excluding hydrogens is 516 g/mol. The van der Waals surface area contributed by atoms with E-state index in [2.05, 4.69) is 10.3 Å². The predicted molar refractivity (Wildman–Crippen MR) is 141 cm³/mol. The molecule has 0 unspecified atom stereocenters. The first-order chi connectivity index (χ1) is 18.2. The third-order valence-corrected chi connectivity index (χ3v) is 6.65. The number of rotatable bonds is 11. The van der Waals surface area contributed by atoms with Gasteiger partial charge in [-0.2, -0.15) is 0 Å². The topological polar surface area (TPSA) is 150 Å². The van der Waals surface area contributed by atoms with Gasteiger partial charge in [-0.25, -0.2) is 27.3 Å². The second-order valence-corrected chi connectivity index (χ2v) is 9.36. The second kappa shape index (κ2) is 11.3. The van der Waals surface area contributed by atoms with Gasteiger partial charge in [-0.15, -0.1) is 0 Å². The smallest absolute Gasteiger partial charge is 0.404 e. The summed E-state index contributed by atoms with van der Waals surface area (Å²) in [5.74, 6) is 1.42. The Morgan fingerprint density at radius 3 is 2.45 bits per heavy atom. The van der Waals surface area contributed by atoms with E-state index < -0.39 is 17.0 Å². The van der Waals surface area contributed by atoms with Gasteiger partial charge in [0.25, 0.3) is 0 Å². The standard InChI is InChI=1S/C24H28N6O7S/c1-27-15-25-14-22(27)30(38(34)35)20-12-18-19(29(3)24(33)28(18)2)13-21(20)37-17-8-6-7-16(11-17)36-10-5-4-9-26-23(31)32/h6-8,11-15,26,38H,4-5,9-10H2,1-3H3,(H,31,32). The van der Waals surface area contributed by atoms with Gasteiger partial charge in [0.2, 0.25) is 10.9 Å². The summed E-state index contributed by atoms with van der Waals surface area (Å²) in [7, 11) is 1.75. The highest BCUT2D eigenvalue weighted by molar-refractivity contribution is 7.74. The van der Waals surface area contributed by atoms with E-state index in [9.17, 15) is 18.0 Å². The van der Waals surface area contributed by atoms with E-state index >= 15 is 0 Å². The van der Waals surface area contributed by atoms with Gasteiger partial charge in [-0.05, 0) is 31.0 Å². The molecule has 1 amide bonds. The van der Waals surface area contributed by atoms with Crippen LogP contribution >= 0.6 is 0 Å². The molecule has 0 fully saturated rings. The monoisotopic (exact) mass is 544 g/mol. The lowest BCUT2D eigenvalue weighted by Gasteiger charge is -2.21. The summed E-state index contributed by atoms with van der Waals surface area (Å²) in [5.41, 5.74) is 1.02. The Morgan fingerprint density at radius 2 is 1.79 bits per heavy atom. The van der Waals surface area contributed by atoms with Gasteiger partial charge in [-0.3, -0.25) is 9.13 Å². The number of thiol groups is 1. The van der Waals surface area contributed by atoms with Gasteiger partial charge in [0, 0.05) is 39.8 Å². The molecule has 0 spiro atoms. The van der Waals surface area contributed by atoms with Crippen molar-refractivity contribution in [3.8, 4) is 17.2 Å². The number of ether oxygens (including phenoxy) is 2. The summed E-state index contributed by atoms with van der Waals surface area (Å²) in [5, 5.41) is 10.9. The molecule has 0 saturated carbocycles. The van der Waals surface area contributed by atoms with Crippen molar-refractivity contribution < 1.29 is 27.8 Å². The van der Waals surface area contributed by atoms with Crippen LogP contribution in [0.2, 0.25) is 0 Å². The highest BCUT2D eigenvalue weighted by Crippen LogP contribution is 2.40. The molecule has 4 aromatic rings. The van der Waals surface area contributed by atoms with E-state index in [0.717, 1.165) is 4.31 Å². The lowest BCUT2D eigenvalue weighted by atomic mass is 10.2. The number of carbonyl (C=O) groups is 1. The summed E-state index contributed by atoms with van der Waals surface area (Å²) in [6.45, 7) is 0.712. The van der Waals surface area contributed by atoms with Crippen LogP contribution in [0.4, 0.5) is 16.3 Å². The van der Waals surface area contributed by atoms with Crippen molar-refractivity contribution in [2.24, 2.45) is 21.1 Å². The number of amides is 1. The van der Waals surface area contributed by atoms with E-state index in [1.807, 2.05) is 0 Å². The molecular formula is C24H28N6O7S. The van der Waals surface area contributed by atoms with E-state index in [-0.39, 0.29) is 17.1 Å². The number of hydrogen-bond acceptors (Lipinski definition) is 7. The highest BCUT2D eigenvalue weighted by Gasteiger charge is 2.23. The number of fused-ring (bicyclic) bond motifs is 1. The largest absolute Gasteiger partial charge is 0.493 e. The van der Waals surface area contributed by atoms with Crippen molar-refractivity contribution in [3.63, 3.8) is 0 Å². The zero-order chi connectivity index (χ0) is 27.4. The van der Waals surface area contributed by atoms with Crippen LogP contribution < -0.4 is 24.8 Å². The van der Waals surface area contributed by atoms with Gasteiger partial charge in [0.15, 0.2) is 5.75 Å². The Bertz CT molecular complexity index is 1600. The van der Waals surface area contributed by atoms with Gasteiger partial charge in [-0.1, -0.05) is 6.07 Å². The normalized spacial score (nSPS) is 11.2. The lowest BCUT2D eigenvalue weighted by molar-refractivity contribution is 0.194. The molecule has 0 radical (unpaired) electrons. The van der Waals surface area contributed by atoms with Crippen LogP contribution in [0.1, 0.15) is 12.8 Å². The quantitative estimate of drug-likeness (QED) is 0.193. The van der Waals surface area contributed by atoms with Crippen molar-refractivity contribution >= 4 is 39.5 Å². The summed E-state index contributed by atoms with van der Waals surface area (Å²) in [4.78, 5) is 27.1. The Morgan fingerprint density at radius 1 is 1.08 bits per heavy atom. The minimum absolute atomic E-state index is 0.204. The molecule has 0 bridgehead atoms. The molecule has 38 heavy (non-hydrogen) atoms. The van der Waals surface area contributed by atoms with Crippen molar-refractivity contribution in [1.29, 1.82) is 0 Å². The summed E-state index contributed by atoms with van der Waals surface area (Å²) in [6.07, 6.45) is 3.11. The zero-order valence-electron chi connectivity index (χ0n) is 21.0. The summed E-state index contributed by atoms with van der Waals surface area (Å²) in [6, 6.07) is 10.1. The van der Waals surface area contributed by atoms with Gasteiger partial charge < -0.3 is 24.5 Å². The third-order valence-electron chi connectivity index (χ3n) is 5.90. The number of aromatic nitrogens is 4. The first-order valence-corrected chi connectivity index (χ1v) is 12.8. The van der Waals surface area contributed by atoms with Crippen molar-refractivity contribution in [1.82, 2.24) is 24.0 Å². The Hall–Kier alpha value is -4.46. The molecule has 14 heteroatoms. The molecule has 2 aromatic carbocycles. The number of nitrogens with zero attached hydrogens (tertiary/aromatic N) is 5. The molecule has 13 nitrogen and oxygen atoms in total. The Balaban J connectivity index is 1.68. The first kappa shape index (κ1) is 26.6. The van der Waals surface area contributed by atoms with Crippen LogP contribution in [-0.2, 0) is 32.0 Å². The Labute approximate surface area is 219 Å². The lowest BCUT2D eigenvalue weighted by Crippen LogP contribution is -2.22. The van der Waals surface area contributed by atoms with Crippen LogP contribution in [0.15, 0.2) is 53.7 Å². The highest BCUT2D eigenvalue weighted by atomic mass is 32.2. The van der Waals surface area contributed by atoms with Crippen LogP contribution in [-0.4, -0.2) is 51.5 Å². The molecule has 0 aliphatic heterocycles. The molecule has 202 valence electrons. The Kier molecular flexibility index (Phi) is 7.90. The molecule has 0 saturated heterocycles. The van der Waals surface area contributed by atoms with Crippen molar-refractivity contribution in [3.05, 3.63) is 59.4 Å². The van der Waals surface area contributed by atoms with Crippen LogP contribution in [0, 0.1) is 0 Å². The molecule has 2 N–H and O–H groups in total. The maximum Gasteiger partial charge on any atom is 0.404 e. The number of carboxylic acid groups (broad SMARTS) is 1. The molecule has 0 aliphatic carbocycles. The van der Waals surface area contributed by atoms with Crippen LogP contribution in [0.3, 0.4) is 0 Å². The number of imidazole rings is 2. The number of anilines is 2. The van der Waals surface area contributed by atoms with Crippen LogP contribution in [0.25, 0.3) is 11.0 Å². The van der Waals surface area contributed by atoms with E-state index in [1.54, 1.807) is 62.1 Å². The number of hydrogen-bond donors (Lipinski definition) is 3. The SMILES string of the molecule is Cn1cncc1N(c1cc2c(cc1Oc1cccc(OCCCCNC(=O)O)c1)n(C)c(=O)n2C)[SH](=O)=O. The van der Waals surface area contributed by atoms with E-state index in [4.69, 9.17) is 14.6 Å². The number of unbranched alkanes of at least 4 members (excludes halogenated alkanes) is 1. The molecule has 2 aromatic heterocycles. The summed E-state index contributed by atoms with van der Waals surface area (Å²) < 4.78 is 42.4. The maximum atomic E-state index is 12.6. The number of aryl methyl sites for hydroxylation is 3. The second-order valence-electron chi connectivity index (χ2n) is 8.49. The minimum Gasteiger partial charge on any atom is -0.493 e. The fourth-order valence-electron chi connectivity index (χ4n) is 3.98. The fourth-order valence-corrected chi connectivity index (χ4v) is 4.67. The van der Waals surface area contributed by atoms with Crippen molar-refractivity contribution in [2.75, 3.05) is 17.5 Å². The van der Waals surface area contributed by atoms with Gasteiger partial charge in [0.05, 0.1) is 30.2 Å². The molecule has 4 rings (SSSR count). The van der Waals surface area contributed by atoms with Gasteiger partial charge >= 0.3 is 11.8 Å². The molecule has 0 aliphatic rings. The third kappa shape index (κ3) is 5.59. The molecule has 2 heterocycles. The first-order valence-electron chi connectivity index (χ1n) is 11.6. The van der Waals surface area contributed by atoms with E-state index in [1.165, 1.54) is 21.7 Å². The van der Waals surface area contributed by atoms with Crippen LogP contribution in [0.5, 0.6) is 17.2 Å². The average molecular weight is 545 g/mol.